The molecule has 1 unspecified atom stereocenters. The van der Waals surface area contributed by atoms with Crippen LogP contribution in [0.25, 0.3) is 0 Å². The van der Waals surface area contributed by atoms with Crippen molar-refractivity contribution in [3.05, 3.63) is 34.6 Å². The van der Waals surface area contributed by atoms with E-state index in [2.05, 4.69) is 20.4 Å². The lowest BCUT2D eigenvalue weighted by atomic mass is 10.0. The number of carbonyl (C=O) groups excluding carboxylic acids is 3. The number of nitrogens with two attached hydrogens (primary N) is 2. The summed E-state index contributed by atoms with van der Waals surface area (Å²) in [5.74, 6) is -3.57. The van der Waals surface area contributed by atoms with Crippen LogP contribution in [0.5, 0.6) is 0 Å². The van der Waals surface area contributed by atoms with Gasteiger partial charge in [-0.1, -0.05) is 12.1 Å². The number of carboxylic acid groups (broad SMARTS) is 2. The predicted molar refractivity (Wildman–Crippen MR) is 148 cm³/mol. The Morgan fingerprint density at radius 2 is 2.12 bits per heavy atom. The number of β-lactam (4-membered cyclic amide) rings is 1. The highest BCUT2D eigenvalue weighted by atomic mass is 32.2. The number of thioether (sulfide) groups is 2. The van der Waals surface area contributed by atoms with Crippen molar-refractivity contribution in [2.75, 3.05) is 23.0 Å². The minimum Gasteiger partial charge on any atom is -0.543 e. The van der Waals surface area contributed by atoms with E-state index in [1.165, 1.54) is 35.8 Å². The molecule has 4 heterocycles. The fourth-order valence-electron chi connectivity index (χ4n) is 3.76. The number of fused-ring (bicyclic) bond motifs is 1. The molecule has 218 valence electrons. The molecule has 2 aliphatic heterocycles. The Kier molecular flexibility index (Phi) is 8.74. The van der Waals surface area contributed by atoms with Crippen LogP contribution in [0.3, 0.4) is 0 Å². The molecule has 0 aliphatic carbocycles. The molecule has 2 amide bonds. The SMILES string of the molecule is CC[C@@](C)(O/N=C(\C(=O)NC1C(=O)N2C(C(=O)[O-])=C(CSc3nc(N)cc[n+]3C)CS[C@H]12)c1csc(N)n1)C(=O)O. The first-order valence-corrected chi connectivity index (χ1v) is 14.9. The molecule has 3 atom stereocenters. The average Bonchev–Trinajstić information content (AvgIpc) is 3.36. The minimum absolute atomic E-state index is 0.0201. The summed E-state index contributed by atoms with van der Waals surface area (Å²) in [5, 5.41) is 29.3. The quantitative estimate of drug-likeness (QED) is 0.0571. The molecular weight excluding hydrogens is 597 g/mol. The maximum atomic E-state index is 13.3. The molecule has 2 aromatic rings. The zero-order chi connectivity index (χ0) is 30.1. The standard InChI is InChI=1S/C23H26N8O7S3/c1-4-23(2,20(36)37)38-29-13(11-9-40-21(25)26-11)16(32)28-14-17(33)31-15(19(34)35)10(7-39-18(14)31)8-41-22-27-12(24)5-6-30(22)3/h5-6,9,14,18,24H,4,7-8H2,1-3H3,(H5,25,26,28,32,34,35,36,37)/b29-13-/t14?,18-,23-/m1/s1. The van der Waals surface area contributed by atoms with Crippen molar-refractivity contribution in [3.63, 3.8) is 0 Å². The second-order valence-corrected chi connectivity index (χ2v) is 12.1. The number of aliphatic carboxylic acids is 2. The summed E-state index contributed by atoms with van der Waals surface area (Å²) in [6.45, 7) is 2.87. The first kappa shape index (κ1) is 30.1. The van der Waals surface area contributed by atoms with Crippen LogP contribution >= 0.6 is 34.9 Å². The van der Waals surface area contributed by atoms with E-state index in [4.69, 9.17) is 16.3 Å². The van der Waals surface area contributed by atoms with Crippen LogP contribution in [0.1, 0.15) is 26.0 Å². The van der Waals surface area contributed by atoms with Gasteiger partial charge in [0, 0.05) is 23.0 Å². The van der Waals surface area contributed by atoms with E-state index < -0.39 is 40.8 Å². The van der Waals surface area contributed by atoms with Crippen molar-refractivity contribution in [1.82, 2.24) is 20.2 Å². The molecule has 15 nitrogen and oxygen atoms in total. The van der Waals surface area contributed by atoms with Gasteiger partial charge in [-0.3, -0.25) is 14.5 Å². The summed E-state index contributed by atoms with van der Waals surface area (Å²) in [5.41, 5.74) is 9.56. The van der Waals surface area contributed by atoms with E-state index >= 15 is 0 Å². The van der Waals surface area contributed by atoms with Gasteiger partial charge >= 0.3 is 11.1 Å². The Hall–Kier alpha value is -3.90. The van der Waals surface area contributed by atoms with Gasteiger partial charge in [-0.05, 0) is 35.7 Å². The highest BCUT2D eigenvalue weighted by molar-refractivity contribution is 8.01. The van der Waals surface area contributed by atoms with E-state index in [0.717, 1.165) is 16.2 Å². The Bertz CT molecular complexity index is 1480. The maximum Gasteiger partial charge on any atom is 0.361 e. The van der Waals surface area contributed by atoms with E-state index in [-0.39, 0.29) is 40.2 Å². The van der Waals surface area contributed by atoms with Crippen molar-refractivity contribution in [2.45, 2.75) is 42.4 Å². The number of amides is 2. The molecule has 0 bridgehead atoms. The second-order valence-electron chi connectivity index (χ2n) is 9.13. The number of carbonyl (C=O) groups is 4. The number of nitrogens with one attached hydrogen (secondary N) is 1. The van der Waals surface area contributed by atoms with Crippen molar-refractivity contribution >= 4 is 75.3 Å². The number of hydrogen-bond acceptors (Lipinski definition) is 14. The first-order chi connectivity index (χ1) is 19.4. The molecule has 0 radical (unpaired) electrons. The van der Waals surface area contributed by atoms with Gasteiger partial charge in [0.2, 0.25) is 11.4 Å². The number of carboxylic acids is 2. The van der Waals surface area contributed by atoms with Gasteiger partial charge in [-0.2, -0.15) is 0 Å². The number of hydrogen-bond donors (Lipinski definition) is 4. The molecular formula is C23H26N8O7S3. The number of oxime groups is 1. The molecule has 6 N–H and O–H groups in total. The van der Waals surface area contributed by atoms with Crippen LogP contribution in [-0.4, -0.2) is 78.0 Å². The number of rotatable bonds is 11. The van der Waals surface area contributed by atoms with Crippen molar-refractivity contribution in [2.24, 2.45) is 12.2 Å². The lowest BCUT2D eigenvalue weighted by Crippen LogP contribution is -2.71. The molecule has 2 aromatic heterocycles. The zero-order valence-electron chi connectivity index (χ0n) is 22.0. The number of thiazole rings is 1. The summed E-state index contributed by atoms with van der Waals surface area (Å²) in [6.07, 6.45) is 1.77. The van der Waals surface area contributed by atoms with Gasteiger partial charge < -0.3 is 36.6 Å². The summed E-state index contributed by atoms with van der Waals surface area (Å²) >= 11 is 3.55. The summed E-state index contributed by atoms with van der Waals surface area (Å²) in [7, 11) is 1.77. The lowest BCUT2D eigenvalue weighted by Gasteiger charge is -2.50. The highest BCUT2D eigenvalue weighted by Crippen LogP contribution is 2.41. The summed E-state index contributed by atoms with van der Waals surface area (Å²) in [4.78, 5) is 64.7. The minimum atomic E-state index is -1.73. The predicted octanol–water partition coefficient (Wildman–Crippen LogP) is -1.30. The van der Waals surface area contributed by atoms with Gasteiger partial charge in [0.05, 0.1) is 24.9 Å². The molecule has 2 aliphatic rings. The number of nitrogens with zero attached hydrogens (tertiary/aromatic N) is 5. The van der Waals surface area contributed by atoms with Crippen molar-refractivity contribution in [3.8, 4) is 0 Å². The molecule has 1 fully saturated rings. The van der Waals surface area contributed by atoms with Gasteiger partial charge in [-0.25, -0.2) is 14.3 Å². The van der Waals surface area contributed by atoms with E-state index in [1.807, 2.05) is 0 Å². The Morgan fingerprint density at radius 1 is 1.39 bits per heavy atom. The molecule has 4 rings (SSSR count). The number of aryl methyl sites for hydroxylation is 1. The van der Waals surface area contributed by atoms with Crippen LogP contribution in [0.2, 0.25) is 0 Å². The van der Waals surface area contributed by atoms with E-state index in [1.54, 1.807) is 30.8 Å². The van der Waals surface area contributed by atoms with Crippen LogP contribution in [0, 0.1) is 0 Å². The third-order valence-corrected chi connectivity index (χ3v) is 9.49. The molecule has 41 heavy (non-hydrogen) atoms. The fraction of sp³-hybridized carbons (Fsp3) is 0.391. The van der Waals surface area contributed by atoms with Crippen LogP contribution in [0.15, 0.2) is 39.2 Å². The largest absolute Gasteiger partial charge is 0.543 e. The second kappa shape index (κ2) is 11.9. The highest BCUT2D eigenvalue weighted by Gasteiger charge is 2.53. The Morgan fingerprint density at radius 3 is 2.73 bits per heavy atom. The lowest BCUT2D eigenvalue weighted by molar-refractivity contribution is -0.713. The Labute approximate surface area is 246 Å². The van der Waals surface area contributed by atoms with Crippen LogP contribution in [-0.2, 0) is 31.1 Å². The molecule has 0 saturated carbocycles. The average molecular weight is 623 g/mol. The van der Waals surface area contributed by atoms with Gasteiger partial charge in [0.15, 0.2) is 10.8 Å². The zero-order valence-corrected chi connectivity index (χ0v) is 24.5. The monoisotopic (exact) mass is 622 g/mol. The summed E-state index contributed by atoms with van der Waals surface area (Å²) < 4.78 is 1.73. The molecule has 0 aromatic carbocycles. The molecule has 18 heteroatoms. The van der Waals surface area contributed by atoms with Crippen LogP contribution in [0.4, 0.5) is 10.9 Å². The van der Waals surface area contributed by atoms with Gasteiger partial charge in [-0.15, -0.1) is 23.1 Å². The van der Waals surface area contributed by atoms with Gasteiger partial charge in [0.25, 0.3) is 11.8 Å². The third-order valence-electron chi connectivity index (χ3n) is 6.34. The smallest absolute Gasteiger partial charge is 0.361 e. The maximum absolute atomic E-state index is 13.3. The first-order valence-electron chi connectivity index (χ1n) is 12.0. The third kappa shape index (κ3) is 6.08. The van der Waals surface area contributed by atoms with Crippen molar-refractivity contribution in [1.29, 1.82) is 0 Å². The normalized spacial score (nSPS) is 20.1. The topological polar surface area (TPSA) is 230 Å². The molecule has 0 spiro atoms. The summed E-state index contributed by atoms with van der Waals surface area (Å²) in [6, 6.07) is 0.535. The fourth-order valence-corrected chi connectivity index (χ4v) is 6.76. The van der Waals surface area contributed by atoms with Gasteiger partial charge in [0.1, 0.15) is 17.1 Å². The molecule has 1 saturated heterocycles. The number of anilines is 2. The van der Waals surface area contributed by atoms with E-state index in [9.17, 15) is 29.4 Å². The van der Waals surface area contributed by atoms with E-state index in [0.29, 0.717) is 16.5 Å². The number of aromatic nitrogens is 3. The van der Waals surface area contributed by atoms with Crippen LogP contribution < -0.4 is 26.5 Å². The number of nitrogen functional groups attached to an aromatic ring is 2. The van der Waals surface area contributed by atoms with Crippen molar-refractivity contribution < 1.29 is 38.8 Å². The Balaban J connectivity index is 1.53.